The van der Waals surface area contributed by atoms with E-state index in [0.29, 0.717) is 0 Å². The van der Waals surface area contributed by atoms with Crippen LogP contribution in [0.25, 0.3) is 11.0 Å². The van der Waals surface area contributed by atoms with Gasteiger partial charge in [-0.3, -0.25) is 4.98 Å². The molecular formula is C16H15N3S. The molecule has 0 atom stereocenters. The average molecular weight is 281 g/mol. The summed E-state index contributed by atoms with van der Waals surface area (Å²) in [7, 11) is 0. The molecule has 3 aromatic rings. The second kappa shape index (κ2) is 4.94. The summed E-state index contributed by atoms with van der Waals surface area (Å²) in [5.41, 5.74) is 5.22. The Morgan fingerprint density at radius 2 is 2.05 bits per heavy atom. The third-order valence-electron chi connectivity index (χ3n) is 3.76. The van der Waals surface area contributed by atoms with E-state index < -0.39 is 0 Å². The number of hydrogen-bond donors (Lipinski definition) is 0. The monoisotopic (exact) mass is 281 g/mol. The first-order chi connectivity index (χ1) is 9.92. The molecular weight excluding hydrogens is 266 g/mol. The van der Waals surface area contributed by atoms with Crippen molar-refractivity contribution >= 4 is 22.8 Å². The molecule has 3 heterocycles. The Morgan fingerprint density at radius 1 is 1.15 bits per heavy atom. The molecule has 4 rings (SSSR count). The lowest BCUT2D eigenvalue weighted by atomic mass is 10.1. The number of pyridine rings is 1. The maximum Gasteiger partial charge on any atom is 0.169 e. The zero-order chi connectivity index (χ0) is 13.4. The highest BCUT2D eigenvalue weighted by Crippen LogP contribution is 2.31. The molecule has 0 saturated heterocycles. The van der Waals surface area contributed by atoms with Crippen LogP contribution >= 0.6 is 11.8 Å². The molecule has 0 unspecified atom stereocenters. The second-order valence-electron chi connectivity index (χ2n) is 5.08. The van der Waals surface area contributed by atoms with Crippen LogP contribution in [0.4, 0.5) is 0 Å². The zero-order valence-electron chi connectivity index (χ0n) is 11.1. The minimum absolute atomic E-state index is 0.946. The molecule has 3 nitrogen and oxygen atoms in total. The van der Waals surface area contributed by atoms with Crippen LogP contribution in [0.3, 0.4) is 0 Å². The highest BCUT2D eigenvalue weighted by atomic mass is 32.2. The summed E-state index contributed by atoms with van der Waals surface area (Å²) in [6.45, 7) is 1.09. The molecule has 0 aliphatic carbocycles. The predicted octanol–water partition coefficient (Wildman–Crippen LogP) is 3.67. The standard InChI is InChI=1S/C16H15N3S/c1-3-13-4-2-10-19-15(13)14(5-1)18-16(19)20-11-12-6-8-17-9-7-12/h1,3,5-9H,2,4,10-11H2. The molecule has 1 aliphatic rings. The Bertz CT molecular complexity index is 749. The first-order valence-corrected chi connectivity index (χ1v) is 7.90. The van der Waals surface area contributed by atoms with E-state index in [1.165, 1.54) is 29.5 Å². The van der Waals surface area contributed by atoms with Gasteiger partial charge in [0.2, 0.25) is 0 Å². The number of nitrogens with zero attached hydrogens (tertiary/aromatic N) is 3. The van der Waals surface area contributed by atoms with Gasteiger partial charge in [0.05, 0.1) is 11.0 Å². The highest BCUT2D eigenvalue weighted by Gasteiger charge is 2.17. The Hall–Kier alpha value is -1.81. The second-order valence-corrected chi connectivity index (χ2v) is 6.02. The summed E-state index contributed by atoms with van der Waals surface area (Å²) in [5.74, 6) is 0.946. The van der Waals surface area contributed by atoms with Crippen LogP contribution in [0, 0.1) is 0 Å². The van der Waals surface area contributed by atoms with E-state index in [1.807, 2.05) is 24.2 Å². The molecule has 100 valence electrons. The smallest absolute Gasteiger partial charge is 0.169 e. The fourth-order valence-electron chi connectivity index (χ4n) is 2.81. The summed E-state index contributed by atoms with van der Waals surface area (Å²) in [6, 6.07) is 10.6. The van der Waals surface area contributed by atoms with Crippen LogP contribution < -0.4 is 0 Å². The molecule has 0 fully saturated rings. The van der Waals surface area contributed by atoms with Gasteiger partial charge in [0.15, 0.2) is 5.16 Å². The third kappa shape index (κ3) is 2.00. The van der Waals surface area contributed by atoms with Crippen molar-refractivity contribution in [2.75, 3.05) is 0 Å². The van der Waals surface area contributed by atoms with E-state index in [4.69, 9.17) is 4.98 Å². The molecule has 0 saturated carbocycles. The lowest BCUT2D eigenvalue weighted by molar-refractivity contribution is 0.588. The summed E-state index contributed by atoms with van der Waals surface area (Å²) in [4.78, 5) is 8.87. The van der Waals surface area contributed by atoms with E-state index in [-0.39, 0.29) is 0 Å². The molecule has 2 aromatic heterocycles. The number of para-hydroxylation sites is 1. The Labute approximate surface area is 122 Å². The number of aromatic nitrogens is 3. The third-order valence-corrected chi connectivity index (χ3v) is 4.81. The number of hydrogen-bond acceptors (Lipinski definition) is 3. The molecule has 4 heteroatoms. The maximum atomic E-state index is 4.81. The summed E-state index contributed by atoms with van der Waals surface area (Å²) >= 11 is 1.82. The van der Waals surface area contributed by atoms with Gasteiger partial charge >= 0.3 is 0 Å². The van der Waals surface area contributed by atoms with Crippen molar-refractivity contribution in [1.29, 1.82) is 0 Å². The fourth-order valence-corrected chi connectivity index (χ4v) is 3.80. The number of imidazole rings is 1. The Balaban J connectivity index is 1.69. The van der Waals surface area contributed by atoms with Gasteiger partial charge in [0.25, 0.3) is 0 Å². The molecule has 0 amide bonds. The zero-order valence-corrected chi connectivity index (χ0v) is 11.9. The van der Waals surface area contributed by atoms with Gasteiger partial charge in [0, 0.05) is 24.7 Å². The minimum Gasteiger partial charge on any atom is -0.319 e. The molecule has 1 aromatic carbocycles. The first kappa shape index (κ1) is 12.0. The van der Waals surface area contributed by atoms with Crippen molar-refractivity contribution < 1.29 is 0 Å². The lowest BCUT2D eigenvalue weighted by Gasteiger charge is -2.16. The topological polar surface area (TPSA) is 30.7 Å². The van der Waals surface area contributed by atoms with Crippen molar-refractivity contribution in [2.45, 2.75) is 30.3 Å². The normalized spacial score (nSPS) is 13.8. The molecule has 20 heavy (non-hydrogen) atoms. The van der Waals surface area contributed by atoms with Gasteiger partial charge in [-0.1, -0.05) is 23.9 Å². The largest absolute Gasteiger partial charge is 0.319 e. The number of aryl methyl sites for hydroxylation is 2. The quantitative estimate of drug-likeness (QED) is 0.686. The molecule has 0 bridgehead atoms. The van der Waals surface area contributed by atoms with Crippen molar-refractivity contribution in [3.8, 4) is 0 Å². The lowest BCUT2D eigenvalue weighted by Crippen LogP contribution is -2.08. The van der Waals surface area contributed by atoms with Gasteiger partial charge in [-0.25, -0.2) is 4.98 Å². The Kier molecular flexibility index (Phi) is 2.96. The molecule has 0 radical (unpaired) electrons. The number of benzene rings is 1. The van der Waals surface area contributed by atoms with Gasteiger partial charge in [-0.15, -0.1) is 0 Å². The van der Waals surface area contributed by atoms with Crippen molar-refractivity contribution in [2.24, 2.45) is 0 Å². The van der Waals surface area contributed by atoms with Gasteiger partial charge < -0.3 is 4.57 Å². The van der Waals surface area contributed by atoms with Crippen LogP contribution in [0.5, 0.6) is 0 Å². The molecule has 1 aliphatic heterocycles. The molecule has 0 spiro atoms. The van der Waals surface area contributed by atoms with Crippen molar-refractivity contribution in [3.05, 3.63) is 53.9 Å². The maximum absolute atomic E-state index is 4.81. The van der Waals surface area contributed by atoms with Crippen molar-refractivity contribution in [1.82, 2.24) is 14.5 Å². The van der Waals surface area contributed by atoms with Crippen LogP contribution in [0.2, 0.25) is 0 Å². The summed E-state index contributed by atoms with van der Waals surface area (Å²) in [6.07, 6.45) is 6.09. The average Bonchev–Trinajstić information content (AvgIpc) is 2.87. The van der Waals surface area contributed by atoms with Gasteiger partial charge in [-0.2, -0.15) is 0 Å². The fraction of sp³-hybridized carbons (Fsp3) is 0.250. The minimum atomic E-state index is 0.946. The van der Waals surface area contributed by atoms with Crippen molar-refractivity contribution in [3.63, 3.8) is 0 Å². The first-order valence-electron chi connectivity index (χ1n) is 6.91. The van der Waals surface area contributed by atoms with E-state index >= 15 is 0 Å². The van der Waals surface area contributed by atoms with E-state index in [1.54, 1.807) is 0 Å². The van der Waals surface area contributed by atoms with Crippen LogP contribution in [-0.2, 0) is 18.7 Å². The van der Waals surface area contributed by atoms with E-state index in [2.05, 4.69) is 39.9 Å². The number of thioether (sulfide) groups is 1. The highest BCUT2D eigenvalue weighted by molar-refractivity contribution is 7.98. The van der Waals surface area contributed by atoms with Gasteiger partial charge in [0.1, 0.15) is 0 Å². The SMILES string of the molecule is c1cc2c3c(c1)nc(SCc1ccncc1)n3CCC2. The summed E-state index contributed by atoms with van der Waals surface area (Å²) in [5, 5.41) is 1.14. The Morgan fingerprint density at radius 3 is 2.95 bits per heavy atom. The number of rotatable bonds is 3. The van der Waals surface area contributed by atoms with Crippen LogP contribution in [-0.4, -0.2) is 14.5 Å². The summed E-state index contributed by atoms with van der Waals surface area (Å²) < 4.78 is 2.39. The van der Waals surface area contributed by atoms with E-state index in [0.717, 1.165) is 23.0 Å². The molecule has 0 N–H and O–H groups in total. The van der Waals surface area contributed by atoms with Crippen LogP contribution in [0.15, 0.2) is 47.9 Å². The van der Waals surface area contributed by atoms with E-state index in [9.17, 15) is 0 Å². The predicted molar refractivity (Wildman–Crippen MR) is 81.9 cm³/mol. The van der Waals surface area contributed by atoms with Gasteiger partial charge in [-0.05, 0) is 42.2 Å². The van der Waals surface area contributed by atoms with Crippen LogP contribution in [0.1, 0.15) is 17.5 Å².